The quantitative estimate of drug-likeness (QED) is 0.417. The average Bonchev–Trinajstić information content (AvgIpc) is 2.71. The van der Waals surface area contributed by atoms with Gasteiger partial charge in [0.25, 0.3) is 0 Å². The van der Waals surface area contributed by atoms with E-state index in [0.29, 0.717) is 17.4 Å². The van der Waals surface area contributed by atoms with Crippen LogP contribution in [0.25, 0.3) is 16.7 Å². The normalized spacial score (nSPS) is 13.7. The zero-order chi connectivity index (χ0) is 16.9. The molecule has 0 N–H and O–H groups in total. The third kappa shape index (κ3) is 4.19. The second kappa shape index (κ2) is 7.09. The number of aldehydes is 1. The number of carbonyl (C=O) groups excluding carboxylic acids is 1. The number of halogens is 3. The first kappa shape index (κ1) is 16.7. The second-order valence-electron chi connectivity index (χ2n) is 5.01. The lowest BCUT2D eigenvalue weighted by molar-refractivity contribution is -0.104. The molecule has 0 unspecified atom stereocenters. The molecular formula is C19H15F3O. The van der Waals surface area contributed by atoms with Crippen molar-refractivity contribution in [3.8, 4) is 11.1 Å². The molecule has 0 aromatic carbocycles. The number of alkyl halides is 3. The molecule has 0 aromatic heterocycles. The van der Waals surface area contributed by atoms with Gasteiger partial charge in [-0.15, -0.1) is 0 Å². The first-order valence-electron chi connectivity index (χ1n) is 6.99. The topological polar surface area (TPSA) is 17.1 Å². The highest BCUT2D eigenvalue weighted by Crippen LogP contribution is 2.40. The maximum atomic E-state index is 13.4. The van der Waals surface area contributed by atoms with Gasteiger partial charge in [0.2, 0.25) is 0 Å². The van der Waals surface area contributed by atoms with Gasteiger partial charge in [0.1, 0.15) is 6.29 Å². The zero-order valence-electron chi connectivity index (χ0n) is 12.5. The third-order valence-electron chi connectivity index (χ3n) is 3.34. The van der Waals surface area contributed by atoms with E-state index in [9.17, 15) is 18.0 Å². The smallest absolute Gasteiger partial charge is 0.299 e. The maximum absolute atomic E-state index is 13.4. The van der Waals surface area contributed by atoms with Gasteiger partial charge in [0, 0.05) is 0 Å². The van der Waals surface area contributed by atoms with Crippen LogP contribution in [0.15, 0.2) is 72.3 Å². The van der Waals surface area contributed by atoms with Crippen molar-refractivity contribution in [3.63, 3.8) is 0 Å². The fourth-order valence-corrected chi connectivity index (χ4v) is 2.25. The molecule has 0 fully saturated rings. The molecular weight excluding hydrogens is 301 g/mol. The van der Waals surface area contributed by atoms with Gasteiger partial charge in [-0.3, -0.25) is 4.79 Å². The Balaban J connectivity index is 2.48. The summed E-state index contributed by atoms with van der Waals surface area (Å²) >= 11 is 0. The Hall–Kier alpha value is -2.62. The van der Waals surface area contributed by atoms with E-state index in [1.165, 1.54) is 24.3 Å². The van der Waals surface area contributed by atoms with Gasteiger partial charge < -0.3 is 0 Å². The third-order valence-corrected chi connectivity index (χ3v) is 3.34. The molecule has 0 aliphatic heterocycles. The van der Waals surface area contributed by atoms with Crippen LogP contribution in [0.4, 0.5) is 13.2 Å². The lowest BCUT2D eigenvalue weighted by atomic mass is 10.0. The summed E-state index contributed by atoms with van der Waals surface area (Å²) in [6, 6.07) is 11.9. The highest BCUT2D eigenvalue weighted by molar-refractivity contribution is 5.86. The SMILES string of the molecule is CC(/C=C/C=C(\c1ccc2cccccc1-2)C(F)(F)F)=C\C=O. The van der Waals surface area contributed by atoms with E-state index in [1.54, 1.807) is 43.3 Å². The molecule has 0 bridgehead atoms. The van der Waals surface area contributed by atoms with Gasteiger partial charge in [-0.1, -0.05) is 54.6 Å². The van der Waals surface area contributed by atoms with Crippen LogP contribution in [0.5, 0.6) is 0 Å². The van der Waals surface area contributed by atoms with Crippen molar-refractivity contribution in [3.05, 3.63) is 77.9 Å². The summed E-state index contributed by atoms with van der Waals surface area (Å²) in [6.07, 6.45) is 1.21. The van der Waals surface area contributed by atoms with Crippen molar-refractivity contribution in [2.45, 2.75) is 13.1 Å². The van der Waals surface area contributed by atoms with E-state index >= 15 is 0 Å². The average molecular weight is 316 g/mol. The van der Waals surface area contributed by atoms with E-state index < -0.39 is 11.7 Å². The summed E-state index contributed by atoms with van der Waals surface area (Å²) in [5, 5.41) is 0. The fourth-order valence-electron chi connectivity index (χ4n) is 2.25. The largest absolute Gasteiger partial charge is 0.417 e. The van der Waals surface area contributed by atoms with Crippen molar-refractivity contribution in [1.82, 2.24) is 0 Å². The number of rotatable bonds is 4. The number of hydrogen-bond acceptors (Lipinski definition) is 1. The van der Waals surface area contributed by atoms with Gasteiger partial charge in [-0.2, -0.15) is 13.2 Å². The molecule has 0 atom stereocenters. The van der Waals surface area contributed by atoms with Crippen LogP contribution in [0.2, 0.25) is 0 Å². The van der Waals surface area contributed by atoms with Crippen LogP contribution in [-0.4, -0.2) is 12.5 Å². The molecule has 118 valence electrons. The molecule has 2 aliphatic rings. The zero-order valence-corrected chi connectivity index (χ0v) is 12.5. The van der Waals surface area contributed by atoms with Gasteiger partial charge in [0.15, 0.2) is 0 Å². The summed E-state index contributed by atoms with van der Waals surface area (Å²) in [5.41, 5.74) is 1.31. The van der Waals surface area contributed by atoms with E-state index in [2.05, 4.69) is 0 Å². The lowest BCUT2D eigenvalue weighted by Crippen LogP contribution is -2.10. The summed E-state index contributed by atoms with van der Waals surface area (Å²) in [4.78, 5) is 10.3. The molecule has 0 saturated heterocycles. The molecule has 1 nitrogen and oxygen atoms in total. The Kier molecular flexibility index (Phi) is 5.16. The number of fused-ring (bicyclic) bond motifs is 1. The molecule has 0 aromatic rings. The Morgan fingerprint density at radius 2 is 1.74 bits per heavy atom. The van der Waals surface area contributed by atoms with Crippen molar-refractivity contribution in [2.75, 3.05) is 0 Å². The van der Waals surface area contributed by atoms with Crippen LogP contribution in [0.3, 0.4) is 0 Å². The Labute approximate surface area is 132 Å². The molecule has 23 heavy (non-hydrogen) atoms. The molecule has 0 saturated carbocycles. The molecule has 4 heteroatoms. The first-order valence-corrected chi connectivity index (χ1v) is 6.99. The fraction of sp³-hybridized carbons (Fsp3) is 0.105. The second-order valence-corrected chi connectivity index (χ2v) is 5.01. The van der Waals surface area contributed by atoms with E-state index in [0.717, 1.165) is 11.6 Å². The molecule has 0 heterocycles. The molecule has 0 radical (unpaired) electrons. The minimum Gasteiger partial charge on any atom is -0.299 e. The van der Waals surface area contributed by atoms with Crippen molar-refractivity contribution in [1.29, 1.82) is 0 Å². The maximum Gasteiger partial charge on any atom is 0.417 e. The van der Waals surface area contributed by atoms with E-state index in [4.69, 9.17) is 0 Å². The Morgan fingerprint density at radius 3 is 2.43 bits per heavy atom. The van der Waals surface area contributed by atoms with Crippen molar-refractivity contribution in [2.24, 2.45) is 0 Å². The molecule has 0 spiro atoms. The highest BCUT2D eigenvalue weighted by atomic mass is 19.4. The van der Waals surface area contributed by atoms with Crippen molar-refractivity contribution < 1.29 is 18.0 Å². The summed E-state index contributed by atoms with van der Waals surface area (Å²) in [5.74, 6) is 0. The van der Waals surface area contributed by atoms with E-state index in [1.807, 2.05) is 0 Å². The van der Waals surface area contributed by atoms with Crippen LogP contribution in [-0.2, 0) is 4.79 Å². The van der Waals surface area contributed by atoms with Crippen LogP contribution in [0.1, 0.15) is 12.5 Å². The summed E-state index contributed by atoms with van der Waals surface area (Å²) in [6.45, 7) is 1.64. The van der Waals surface area contributed by atoms with Gasteiger partial charge in [0.05, 0.1) is 5.57 Å². The predicted octanol–water partition coefficient (Wildman–Crippen LogP) is 5.44. The molecule has 0 amide bonds. The molecule has 2 rings (SSSR count). The lowest BCUT2D eigenvalue weighted by Gasteiger charge is -2.11. The van der Waals surface area contributed by atoms with E-state index in [-0.39, 0.29) is 5.56 Å². The molecule has 2 aliphatic carbocycles. The Morgan fingerprint density at radius 1 is 1.00 bits per heavy atom. The summed E-state index contributed by atoms with van der Waals surface area (Å²) in [7, 11) is 0. The minimum atomic E-state index is -4.47. The standard InChI is InChI=1S/C19H15F3O/c1-14(12-13-23)6-5-9-18(19(20,21)22)17-11-10-15-7-3-2-4-8-16(15)17/h2-13H,1H3/b6-5+,14-12+,18-9+. The van der Waals surface area contributed by atoms with Gasteiger partial charge in [-0.05, 0) is 41.3 Å². The minimum absolute atomic E-state index is 0.144. The van der Waals surface area contributed by atoms with Crippen molar-refractivity contribution >= 4 is 11.9 Å². The number of hydrogen-bond donors (Lipinski definition) is 0. The van der Waals surface area contributed by atoms with Gasteiger partial charge >= 0.3 is 6.18 Å². The first-order chi connectivity index (χ1) is 10.9. The van der Waals surface area contributed by atoms with Crippen LogP contribution in [0, 0.1) is 0 Å². The van der Waals surface area contributed by atoms with Gasteiger partial charge in [-0.25, -0.2) is 0 Å². The number of carbonyl (C=O) groups is 1. The Bertz CT molecular complexity index is 751. The van der Waals surface area contributed by atoms with Crippen LogP contribution >= 0.6 is 0 Å². The monoisotopic (exact) mass is 316 g/mol. The highest BCUT2D eigenvalue weighted by Gasteiger charge is 2.35. The summed E-state index contributed by atoms with van der Waals surface area (Å²) < 4.78 is 40.2. The number of allylic oxidation sites excluding steroid dienone is 6. The predicted molar refractivity (Wildman–Crippen MR) is 86.1 cm³/mol. The van der Waals surface area contributed by atoms with Crippen LogP contribution < -0.4 is 0 Å².